The Hall–Kier alpha value is -0.650. The molecule has 0 aromatic heterocycles. The highest BCUT2D eigenvalue weighted by Crippen LogP contribution is 2.27. The third kappa shape index (κ3) is 3.15. The van der Waals surface area contributed by atoms with Gasteiger partial charge in [0.15, 0.2) is 0 Å². The molecule has 110 valence electrons. The van der Waals surface area contributed by atoms with Crippen LogP contribution in [-0.2, 0) is 0 Å². The number of benzene rings is 1. The summed E-state index contributed by atoms with van der Waals surface area (Å²) >= 11 is 3.23. The second kappa shape index (κ2) is 6.41. The van der Waals surface area contributed by atoms with Gasteiger partial charge in [0.05, 0.1) is 0 Å². The molecule has 1 N–H and O–H groups in total. The number of fused-ring (bicyclic) bond motifs is 1. The lowest BCUT2D eigenvalue weighted by Gasteiger charge is -2.34. The number of carbonyl (C=O) groups excluding carboxylic acids is 1. The predicted molar refractivity (Wildman–Crippen MR) is 81.7 cm³/mol. The Bertz CT molecular complexity index is 494. The van der Waals surface area contributed by atoms with E-state index in [0.717, 1.165) is 32.6 Å². The molecule has 2 fully saturated rings. The quantitative estimate of drug-likeness (QED) is 0.832. The van der Waals surface area contributed by atoms with E-state index in [2.05, 4.69) is 21.2 Å². The van der Waals surface area contributed by atoms with E-state index in [1.807, 2.05) is 4.90 Å². The van der Waals surface area contributed by atoms with E-state index in [1.54, 1.807) is 6.07 Å². The molecule has 1 aromatic rings. The Morgan fingerprint density at radius 1 is 1.30 bits per heavy atom. The van der Waals surface area contributed by atoms with Crippen molar-refractivity contribution in [3.63, 3.8) is 0 Å². The number of rotatable bonds is 1. The van der Waals surface area contributed by atoms with Crippen LogP contribution in [0.1, 0.15) is 16.8 Å². The number of hydrogen-bond acceptors (Lipinski definition) is 2. The van der Waals surface area contributed by atoms with Gasteiger partial charge in [-0.05, 0) is 49.5 Å². The second-order valence-electron chi connectivity index (χ2n) is 5.38. The molecule has 20 heavy (non-hydrogen) atoms. The van der Waals surface area contributed by atoms with Crippen molar-refractivity contribution in [1.82, 2.24) is 10.2 Å². The number of piperidine rings is 1. The first-order valence-electron chi connectivity index (χ1n) is 6.59. The fraction of sp³-hybridized carbons (Fsp3) is 0.500. The fourth-order valence-electron chi connectivity index (χ4n) is 3.08. The molecule has 3 rings (SSSR count). The van der Waals surface area contributed by atoms with Crippen LogP contribution in [0, 0.1) is 17.7 Å². The highest BCUT2D eigenvalue weighted by Gasteiger charge is 2.34. The van der Waals surface area contributed by atoms with Gasteiger partial charge in [-0.15, -0.1) is 12.4 Å². The molecular weight excluding hydrogens is 347 g/mol. The molecule has 0 spiro atoms. The summed E-state index contributed by atoms with van der Waals surface area (Å²) in [5, 5.41) is 3.38. The Labute approximate surface area is 132 Å². The Balaban J connectivity index is 0.00000147. The van der Waals surface area contributed by atoms with Gasteiger partial charge in [0.1, 0.15) is 5.82 Å². The van der Waals surface area contributed by atoms with Gasteiger partial charge < -0.3 is 10.2 Å². The lowest BCUT2D eigenvalue weighted by Crippen LogP contribution is -2.43. The maximum atomic E-state index is 13.4. The summed E-state index contributed by atoms with van der Waals surface area (Å²) in [5.74, 6) is 0.804. The Morgan fingerprint density at radius 2 is 2.05 bits per heavy atom. The van der Waals surface area contributed by atoms with Crippen LogP contribution in [0.5, 0.6) is 0 Å². The van der Waals surface area contributed by atoms with Crippen LogP contribution in [0.3, 0.4) is 0 Å². The molecule has 1 amide bonds. The van der Waals surface area contributed by atoms with Crippen molar-refractivity contribution in [3.05, 3.63) is 34.1 Å². The minimum absolute atomic E-state index is 0. The van der Waals surface area contributed by atoms with Crippen molar-refractivity contribution in [2.45, 2.75) is 6.42 Å². The summed E-state index contributed by atoms with van der Waals surface area (Å²) in [6.07, 6.45) is 1.04. The zero-order valence-corrected chi connectivity index (χ0v) is 13.3. The lowest BCUT2D eigenvalue weighted by molar-refractivity contribution is 0.0642. The van der Waals surface area contributed by atoms with E-state index in [-0.39, 0.29) is 24.1 Å². The largest absolute Gasteiger partial charge is 0.338 e. The molecule has 0 aliphatic carbocycles. The number of hydrogen-bond donors (Lipinski definition) is 1. The smallest absolute Gasteiger partial charge is 0.254 e. The lowest BCUT2D eigenvalue weighted by atomic mass is 9.88. The van der Waals surface area contributed by atoms with Gasteiger partial charge in [-0.3, -0.25) is 4.79 Å². The zero-order valence-electron chi connectivity index (χ0n) is 10.9. The van der Waals surface area contributed by atoms with E-state index in [0.29, 0.717) is 21.9 Å². The van der Waals surface area contributed by atoms with E-state index in [4.69, 9.17) is 0 Å². The molecule has 2 saturated heterocycles. The summed E-state index contributed by atoms with van der Waals surface area (Å²) in [6.45, 7) is 3.61. The van der Waals surface area contributed by atoms with Crippen LogP contribution in [0.15, 0.2) is 22.7 Å². The Morgan fingerprint density at radius 3 is 2.80 bits per heavy atom. The normalized spacial score (nSPS) is 25.0. The maximum Gasteiger partial charge on any atom is 0.254 e. The molecule has 1 aromatic carbocycles. The number of likely N-dealkylation sites (tertiary alicyclic amines) is 1. The number of carbonyl (C=O) groups is 1. The van der Waals surface area contributed by atoms with E-state index < -0.39 is 0 Å². The SMILES string of the molecule is Cl.O=C(c1cc(F)cc(Br)c1)N1CCC2CNCC2C1. The van der Waals surface area contributed by atoms with Gasteiger partial charge in [0, 0.05) is 23.1 Å². The van der Waals surface area contributed by atoms with E-state index in [9.17, 15) is 9.18 Å². The molecule has 2 aliphatic heterocycles. The van der Waals surface area contributed by atoms with Crippen molar-refractivity contribution >= 4 is 34.2 Å². The van der Waals surface area contributed by atoms with Crippen LogP contribution in [0.4, 0.5) is 4.39 Å². The average Bonchev–Trinajstić information content (AvgIpc) is 2.83. The summed E-state index contributed by atoms with van der Waals surface area (Å²) in [4.78, 5) is 14.3. The second-order valence-corrected chi connectivity index (χ2v) is 6.29. The van der Waals surface area contributed by atoms with Crippen molar-refractivity contribution in [3.8, 4) is 0 Å². The molecule has 2 heterocycles. The van der Waals surface area contributed by atoms with Crippen molar-refractivity contribution in [2.75, 3.05) is 26.2 Å². The monoisotopic (exact) mass is 362 g/mol. The first-order valence-corrected chi connectivity index (χ1v) is 7.39. The molecule has 3 nitrogen and oxygen atoms in total. The molecule has 0 bridgehead atoms. The van der Waals surface area contributed by atoms with Crippen molar-refractivity contribution in [1.29, 1.82) is 0 Å². The van der Waals surface area contributed by atoms with Crippen LogP contribution in [-0.4, -0.2) is 37.0 Å². The highest BCUT2D eigenvalue weighted by atomic mass is 79.9. The minimum Gasteiger partial charge on any atom is -0.338 e. The summed E-state index contributed by atoms with van der Waals surface area (Å²) in [5.41, 5.74) is 0.427. The van der Waals surface area contributed by atoms with Crippen LogP contribution in [0.2, 0.25) is 0 Å². The first-order chi connectivity index (χ1) is 9.13. The zero-order chi connectivity index (χ0) is 13.4. The van der Waals surface area contributed by atoms with Crippen molar-refractivity contribution < 1.29 is 9.18 Å². The first kappa shape index (κ1) is 15.7. The third-order valence-corrected chi connectivity index (χ3v) is 4.56. The third-order valence-electron chi connectivity index (χ3n) is 4.10. The van der Waals surface area contributed by atoms with Gasteiger partial charge in [0.2, 0.25) is 0 Å². The van der Waals surface area contributed by atoms with Crippen molar-refractivity contribution in [2.24, 2.45) is 11.8 Å². The van der Waals surface area contributed by atoms with Gasteiger partial charge in [-0.2, -0.15) is 0 Å². The summed E-state index contributed by atoms with van der Waals surface area (Å²) in [6, 6.07) is 4.36. The van der Waals surface area contributed by atoms with Gasteiger partial charge in [-0.1, -0.05) is 15.9 Å². The van der Waals surface area contributed by atoms with E-state index >= 15 is 0 Å². The van der Waals surface area contributed by atoms with Gasteiger partial charge >= 0.3 is 0 Å². The highest BCUT2D eigenvalue weighted by molar-refractivity contribution is 9.10. The summed E-state index contributed by atoms with van der Waals surface area (Å²) < 4.78 is 14.0. The molecule has 2 atom stereocenters. The standard InChI is InChI=1S/C14H16BrFN2O.ClH/c15-12-3-10(4-13(16)5-12)14(19)18-2-1-9-6-17-7-11(9)8-18;/h3-5,9,11,17H,1-2,6-8H2;1H. The molecule has 2 unspecified atom stereocenters. The Kier molecular flexibility index (Phi) is 5.04. The molecule has 2 aliphatic rings. The average molecular weight is 364 g/mol. The molecular formula is C14H17BrClFN2O. The van der Waals surface area contributed by atoms with Crippen LogP contribution in [0.25, 0.3) is 0 Å². The van der Waals surface area contributed by atoms with Gasteiger partial charge in [0.25, 0.3) is 5.91 Å². The van der Waals surface area contributed by atoms with Crippen LogP contribution < -0.4 is 5.32 Å². The predicted octanol–water partition coefficient (Wildman–Crippen LogP) is 2.69. The van der Waals surface area contributed by atoms with E-state index in [1.165, 1.54) is 12.1 Å². The minimum atomic E-state index is -0.379. The maximum absolute atomic E-state index is 13.4. The fourth-order valence-corrected chi connectivity index (χ4v) is 3.54. The molecule has 6 heteroatoms. The van der Waals surface area contributed by atoms with Crippen LogP contribution >= 0.6 is 28.3 Å². The number of amides is 1. The number of halogens is 3. The van der Waals surface area contributed by atoms with Gasteiger partial charge in [-0.25, -0.2) is 4.39 Å². The number of nitrogens with zero attached hydrogens (tertiary/aromatic N) is 1. The topological polar surface area (TPSA) is 32.3 Å². The number of nitrogens with one attached hydrogen (secondary N) is 1. The molecule has 0 saturated carbocycles. The molecule has 0 radical (unpaired) electrons. The summed E-state index contributed by atoms with van der Waals surface area (Å²) in [7, 11) is 0.